The Morgan fingerprint density at radius 3 is 3.10 bits per heavy atom. The molecule has 0 aliphatic carbocycles. The molecular formula is C12H14N8. The summed E-state index contributed by atoms with van der Waals surface area (Å²) in [5.41, 5.74) is 0.833. The van der Waals surface area contributed by atoms with E-state index in [-0.39, 0.29) is 0 Å². The molecule has 0 radical (unpaired) electrons. The number of rotatable bonds is 2. The number of fused-ring (bicyclic) bond motifs is 2. The Morgan fingerprint density at radius 2 is 2.15 bits per heavy atom. The average Bonchev–Trinajstić information content (AvgIpc) is 3.06. The van der Waals surface area contributed by atoms with Crippen molar-refractivity contribution in [2.24, 2.45) is 7.05 Å². The van der Waals surface area contributed by atoms with E-state index in [1.807, 2.05) is 11.7 Å². The van der Waals surface area contributed by atoms with Crippen LogP contribution in [0, 0.1) is 0 Å². The zero-order valence-corrected chi connectivity index (χ0v) is 11.1. The van der Waals surface area contributed by atoms with E-state index < -0.39 is 0 Å². The van der Waals surface area contributed by atoms with Crippen molar-refractivity contribution in [2.75, 3.05) is 5.32 Å². The molecule has 0 fully saturated rings. The lowest BCUT2D eigenvalue weighted by Gasteiger charge is -2.24. The van der Waals surface area contributed by atoms with Gasteiger partial charge in [-0.25, -0.2) is 19.6 Å². The first-order valence-corrected chi connectivity index (χ1v) is 6.57. The van der Waals surface area contributed by atoms with Gasteiger partial charge in [0.2, 0.25) is 0 Å². The first-order valence-electron chi connectivity index (χ1n) is 6.57. The predicted molar refractivity (Wildman–Crippen MR) is 72.1 cm³/mol. The minimum absolute atomic E-state index is 0.294. The van der Waals surface area contributed by atoms with E-state index in [4.69, 9.17) is 0 Å². The lowest BCUT2D eigenvalue weighted by molar-refractivity contribution is 0.441. The molecule has 1 aliphatic rings. The number of aromatic nitrogens is 7. The van der Waals surface area contributed by atoms with Gasteiger partial charge in [0.25, 0.3) is 0 Å². The highest BCUT2D eigenvalue weighted by Gasteiger charge is 2.21. The average molecular weight is 270 g/mol. The second-order valence-electron chi connectivity index (χ2n) is 4.97. The molecule has 0 saturated heterocycles. The molecule has 4 rings (SSSR count). The van der Waals surface area contributed by atoms with Gasteiger partial charge >= 0.3 is 0 Å². The predicted octanol–water partition coefficient (Wildman–Crippen LogP) is 0.382. The molecule has 8 nitrogen and oxygen atoms in total. The largest absolute Gasteiger partial charge is 0.365 e. The van der Waals surface area contributed by atoms with E-state index in [2.05, 4.69) is 30.5 Å². The molecule has 0 unspecified atom stereocenters. The standard InChI is InChI=1S/C12H14N8/c1-19-12-9(4-16-19)11(14-6-15-12)18-8-2-3-10-13-7-17-20(10)5-8/h4,6-8H,2-3,5H2,1H3,(H,14,15,18)/t8-/m0/s1. The van der Waals surface area contributed by atoms with Crippen LogP contribution in [0.3, 0.4) is 0 Å². The van der Waals surface area contributed by atoms with Crippen molar-refractivity contribution in [3.05, 3.63) is 24.7 Å². The van der Waals surface area contributed by atoms with Crippen molar-refractivity contribution in [2.45, 2.75) is 25.4 Å². The summed E-state index contributed by atoms with van der Waals surface area (Å²) in [5, 5.41) is 12.9. The number of aryl methyl sites for hydroxylation is 2. The number of nitrogens with one attached hydrogen (secondary N) is 1. The van der Waals surface area contributed by atoms with Crippen LogP contribution in [0.4, 0.5) is 5.82 Å². The Balaban J connectivity index is 1.62. The van der Waals surface area contributed by atoms with Crippen LogP contribution in [0.25, 0.3) is 11.0 Å². The SMILES string of the molecule is Cn1ncc2c(N[C@H]3CCc4ncnn4C3)ncnc21. The van der Waals surface area contributed by atoms with Crippen LogP contribution < -0.4 is 5.32 Å². The van der Waals surface area contributed by atoms with Gasteiger partial charge in [-0.3, -0.25) is 4.68 Å². The van der Waals surface area contributed by atoms with Gasteiger partial charge in [-0.05, 0) is 6.42 Å². The van der Waals surface area contributed by atoms with Gasteiger partial charge in [-0.15, -0.1) is 0 Å². The Bertz CT molecular complexity index is 758. The molecule has 3 aromatic heterocycles. The third-order valence-corrected chi connectivity index (χ3v) is 3.68. The third kappa shape index (κ3) is 1.72. The summed E-state index contributed by atoms with van der Waals surface area (Å²) in [6.07, 6.45) is 6.92. The fourth-order valence-corrected chi connectivity index (χ4v) is 2.63. The van der Waals surface area contributed by atoms with E-state index in [9.17, 15) is 0 Å². The molecule has 0 amide bonds. The highest BCUT2D eigenvalue weighted by molar-refractivity contribution is 5.86. The molecule has 0 spiro atoms. The van der Waals surface area contributed by atoms with Gasteiger partial charge in [0, 0.05) is 19.5 Å². The lowest BCUT2D eigenvalue weighted by Crippen LogP contribution is -2.32. The first kappa shape index (κ1) is 11.3. The van der Waals surface area contributed by atoms with Gasteiger partial charge in [0.1, 0.15) is 24.3 Å². The quantitative estimate of drug-likeness (QED) is 0.724. The second-order valence-corrected chi connectivity index (χ2v) is 4.97. The zero-order chi connectivity index (χ0) is 13.5. The van der Waals surface area contributed by atoms with Crippen LogP contribution in [0.1, 0.15) is 12.2 Å². The third-order valence-electron chi connectivity index (χ3n) is 3.68. The number of nitrogens with zero attached hydrogens (tertiary/aromatic N) is 7. The summed E-state index contributed by atoms with van der Waals surface area (Å²) >= 11 is 0. The van der Waals surface area contributed by atoms with E-state index in [0.717, 1.165) is 42.1 Å². The molecule has 3 aromatic rings. The minimum Gasteiger partial charge on any atom is -0.365 e. The van der Waals surface area contributed by atoms with Crippen LogP contribution in [0.15, 0.2) is 18.9 Å². The molecule has 0 saturated carbocycles. The second kappa shape index (κ2) is 4.26. The van der Waals surface area contributed by atoms with E-state index in [1.54, 1.807) is 23.5 Å². The summed E-state index contributed by atoms with van der Waals surface area (Å²) in [6.45, 7) is 0.807. The highest BCUT2D eigenvalue weighted by atomic mass is 15.3. The minimum atomic E-state index is 0.294. The van der Waals surface area contributed by atoms with Crippen LogP contribution in [0.5, 0.6) is 0 Å². The summed E-state index contributed by atoms with van der Waals surface area (Å²) in [5.74, 6) is 1.88. The van der Waals surface area contributed by atoms with Crippen LogP contribution >= 0.6 is 0 Å². The van der Waals surface area contributed by atoms with Crippen molar-refractivity contribution >= 4 is 16.9 Å². The van der Waals surface area contributed by atoms with Crippen LogP contribution in [-0.4, -0.2) is 40.6 Å². The highest BCUT2D eigenvalue weighted by Crippen LogP contribution is 2.21. The van der Waals surface area contributed by atoms with E-state index in [0.29, 0.717) is 6.04 Å². The summed E-state index contributed by atoms with van der Waals surface area (Å²) in [6, 6.07) is 0.294. The smallest absolute Gasteiger partial charge is 0.163 e. The Kier molecular flexibility index (Phi) is 2.41. The van der Waals surface area contributed by atoms with Crippen molar-refractivity contribution in [1.29, 1.82) is 0 Å². The molecule has 1 atom stereocenters. The Morgan fingerprint density at radius 1 is 1.20 bits per heavy atom. The van der Waals surface area contributed by atoms with Crippen molar-refractivity contribution < 1.29 is 0 Å². The van der Waals surface area contributed by atoms with Crippen molar-refractivity contribution in [1.82, 2.24) is 34.5 Å². The molecule has 1 aliphatic heterocycles. The van der Waals surface area contributed by atoms with Gasteiger partial charge in [-0.2, -0.15) is 10.2 Å². The molecule has 8 heteroatoms. The molecule has 102 valence electrons. The van der Waals surface area contributed by atoms with E-state index >= 15 is 0 Å². The summed E-state index contributed by atoms with van der Waals surface area (Å²) < 4.78 is 3.70. The summed E-state index contributed by atoms with van der Waals surface area (Å²) in [4.78, 5) is 12.8. The fraction of sp³-hybridized carbons (Fsp3) is 0.417. The fourth-order valence-electron chi connectivity index (χ4n) is 2.63. The maximum absolute atomic E-state index is 4.34. The van der Waals surface area contributed by atoms with Crippen LogP contribution in [0.2, 0.25) is 0 Å². The number of anilines is 1. The molecular weight excluding hydrogens is 256 g/mol. The van der Waals surface area contributed by atoms with Gasteiger partial charge in [0.15, 0.2) is 5.65 Å². The maximum Gasteiger partial charge on any atom is 0.163 e. The topological polar surface area (TPSA) is 86.3 Å². The van der Waals surface area contributed by atoms with Crippen molar-refractivity contribution in [3.63, 3.8) is 0 Å². The lowest BCUT2D eigenvalue weighted by atomic mass is 10.1. The Hall–Kier alpha value is -2.51. The molecule has 0 aromatic carbocycles. The normalized spacial score (nSPS) is 18.1. The van der Waals surface area contributed by atoms with Crippen molar-refractivity contribution in [3.8, 4) is 0 Å². The van der Waals surface area contributed by atoms with Crippen LogP contribution in [-0.2, 0) is 20.0 Å². The molecule has 0 bridgehead atoms. The number of hydrogen-bond acceptors (Lipinski definition) is 6. The molecule has 20 heavy (non-hydrogen) atoms. The monoisotopic (exact) mass is 270 g/mol. The first-order chi connectivity index (χ1) is 9.81. The van der Waals surface area contributed by atoms with Gasteiger partial charge in [-0.1, -0.05) is 0 Å². The maximum atomic E-state index is 4.34. The van der Waals surface area contributed by atoms with E-state index in [1.165, 1.54) is 0 Å². The number of hydrogen-bond donors (Lipinski definition) is 1. The molecule has 1 N–H and O–H groups in total. The van der Waals surface area contributed by atoms with Gasteiger partial charge < -0.3 is 5.32 Å². The summed E-state index contributed by atoms with van der Waals surface area (Å²) in [7, 11) is 1.88. The molecule has 4 heterocycles. The Labute approximate surface area is 114 Å². The van der Waals surface area contributed by atoms with Gasteiger partial charge in [0.05, 0.1) is 18.1 Å². The zero-order valence-electron chi connectivity index (χ0n) is 11.1.